The van der Waals surface area contributed by atoms with E-state index < -0.39 is 17.8 Å². The number of piperidine rings is 2. The molecular weight excluding hydrogens is 945 g/mol. The van der Waals surface area contributed by atoms with E-state index in [1.165, 1.54) is 22.9 Å². The Hall–Kier alpha value is -6.76. The lowest BCUT2D eigenvalue weighted by atomic mass is 9.92. The summed E-state index contributed by atoms with van der Waals surface area (Å²) in [6, 6.07) is 14.1. The molecule has 0 unspecified atom stereocenters. The number of hydrogen-bond donors (Lipinski definition) is 2. The predicted octanol–water partition coefficient (Wildman–Crippen LogP) is 6.69. The van der Waals surface area contributed by atoms with Gasteiger partial charge in [0.1, 0.15) is 17.5 Å². The zero-order valence-electron chi connectivity index (χ0n) is 42.9. The maximum absolute atomic E-state index is 16.2. The molecule has 3 saturated heterocycles. The Morgan fingerprint density at radius 1 is 0.892 bits per heavy atom. The van der Waals surface area contributed by atoms with E-state index in [9.17, 15) is 28.4 Å². The van der Waals surface area contributed by atoms with Crippen molar-refractivity contribution < 1.29 is 23.2 Å². The molecule has 2 aromatic carbocycles. The lowest BCUT2D eigenvalue weighted by molar-refractivity contribution is -0.135. The Balaban J connectivity index is 0.681. The summed E-state index contributed by atoms with van der Waals surface area (Å²) in [6.07, 6.45) is 9.72. The van der Waals surface area contributed by atoms with Crippen molar-refractivity contribution in [2.75, 3.05) is 64.7 Å². The average Bonchev–Trinajstić information content (AvgIpc) is 4.11. The second-order valence-corrected chi connectivity index (χ2v) is 21.3. The highest BCUT2D eigenvalue weighted by Gasteiger charge is 2.36. The fourth-order valence-corrected chi connectivity index (χ4v) is 12.3. The van der Waals surface area contributed by atoms with Crippen LogP contribution < -0.4 is 21.9 Å². The van der Waals surface area contributed by atoms with Gasteiger partial charge >= 0.3 is 5.69 Å². The number of piperazine rings is 1. The van der Waals surface area contributed by atoms with Crippen LogP contribution in [-0.4, -0.2) is 126 Å². The van der Waals surface area contributed by atoms with Crippen molar-refractivity contribution in [3.05, 3.63) is 127 Å². The number of imide groups is 1. The number of fused-ring (bicyclic) bond motifs is 2. The van der Waals surface area contributed by atoms with Gasteiger partial charge in [0.15, 0.2) is 5.82 Å². The summed E-state index contributed by atoms with van der Waals surface area (Å²) in [5.74, 6) is -1.30. The predicted molar refractivity (Wildman–Crippen MR) is 280 cm³/mol. The summed E-state index contributed by atoms with van der Waals surface area (Å²) in [4.78, 5) is 79.2. The molecule has 3 atom stereocenters. The number of pyridine rings is 2. The van der Waals surface area contributed by atoms with Crippen molar-refractivity contribution in [1.29, 1.82) is 0 Å². The van der Waals surface area contributed by atoms with Crippen LogP contribution in [-0.2, 0) is 23.2 Å². The Morgan fingerprint density at radius 3 is 2.39 bits per heavy atom. The van der Waals surface area contributed by atoms with Gasteiger partial charge in [0.05, 0.1) is 28.6 Å². The van der Waals surface area contributed by atoms with Crippen LogP contribution in [0.15, 0.2) is 76.6 Å². The lowest BCUT2D eigenvalue weighted by Gasteiger charge is -2.42. The number of aromatic nitrogens is 5. The Kier molecular flexibility index (Phi) is 13.3. The molecule has 4 aromatic heterocycles. The zero-order chi connectivity index (χ0) is 51.7. The van der Waals surface area contributed by atoms with Gasteiger partial charge in [-0.25, -0.2) is 18.6 Å². The minimum absolute atomic E-state index is 0.0465. The standard InChI is InChI=1S/C56H65F2N11O5/c1-33-24-39(26-42(57)52(33)38-15-20-64(21-16-38)35(3)48-27-41-45(12-17-60-53(41)62(48)5)67-32-43(58)44(59-4)28-51(67)71)55(73)65-18-13-36(14-19-65)31-66-23-22-63(29-34(66)2)30-37-6-9-46-49(25-37)68(40-7-8-40)56(74)69(46)47-10-11-50(70)61-54(47)72/h6,9,12,15,17,24-28,32,34-36,40,47,59H,7-8,10-11,13-14,16,18-23,29-31H2,1-5H3,(H,61,70,72)/t34-,35-,47-/m0/s1. The molecule has 4 fully saturated rings. The number of amides is 3. The van der Waals surface area contributed by atoms with Crippen LogP contribution in [0, 0.1) is 24.5 Å². The van der Waals surface area contributed by atoms with Gasteiger partial charge in [-0.3, -0.25) is 52.9 Å². The largest absolute Gasteiger partial charge is 0.386 e. The SMILES string of the molecule is CNc1cc(=O)n(-c2ccnc3c2cc([C@H](C)N2CC=C(c4c(C)cc(C(=O)N5CCC(CN6CCN(Cc7ccc8c(c7)n(C7CC7)c(=O)n8[C@H]7CCC(=O)NC7=O)C[C@@H]6C)CC5)cc4F)CC2)n3C)cc1F. The van der Waals surface area contributed by atoms with E-state index in [0.717, 1.165) is 97.2 Å². The van der Waals surface area contributed by atoms with E-state index in [4.69, 9.17) is 0 Å². The average molecular weight is 1010 g/mol. The summed E-state index contributed by atoms with van der Waals surface area (Å²) in [5, 5.41) is 5.87. The smallest absolute Gasteiger partial charge is 0.330 e. The van der Waals surface area contributed by atoms with Crippen molar-refractivity contribution in [2.24, 2.45) is 13.0 Å². The molecule has 18 heteroatoms. The number of imidazole rings is 1. The first-order chi connectivity index (χ1) is 35.6. The van der Waals surface area contributed by atoms with Crippen molar-refractivity contribution in [2.45, 2.75) is 96.4 Å². The van der Waals surface area contributed by atoms with Gasteiger partial charge in [0.25, 0.3) is 11.5 Å². The fourth-order valence-electron chi connectivity index (χ4n) is 12.3. The third-order valence-electron chi connectivity index (χ3n) is 16.6. The third-order valence-corrected chi connectivity index (χ3v) is 16.6. The Labute approximate surface area is 428 Å². The Bertz CT molecular complexity index is 3360. The topological polar surface area (TPSA) is 155 Å². The van der Waals surface area contributed by atoms with E-state index in [-0.39, 0.29) is 53.1 Å². The normalized spacial score (nSPS) is 21.1. The number of benzene rings is 2. The maximum atomic E-state index is 16.2. The van der Waals surface area contributed by atoms with Crippen LogP contribution in [0.4, 0.5) is 14.5 Å². The molecule has 1 saturated carbocycles. The number of halogens is 2. The number of aryl methyl sites for hydroxylation is 2. The van der Waals surface area contributed by atoms with Crippen LogP contribution in [0.2, 0.25) is 0 Å². The van der Waals surface area contributed by atoms with Crippen molar-refractivity contribution in [3.63, 3.8) is 0 Å². The van der Waals surface area contributed by atoms with Gasteiger partial charge in [-0.15, -0.1) is 0 Å². The van der Waals surface area contributed by atoms with E-state index in [0.29, 0.717) is 73.4 Å². The van der Waals surface area contributed by atoms with Crippen LogP contribution in [0.1, 0.15) is 110 Å². The zero-order valence-corrected chi connectivity index (χ0v) is 42.9. The molecule has 74 heavy (non-hydrogen) atoms. The molecule has 0 radical (unpaired) electrons. The number of anilines is 1. The van der Waals surface area contributed by atoms with Crippen molar-refractivity contribution >= 4 is 51.0 Å². The second kappa shape index (κ2) is 19.8. The summed E-state index contributed by atoms with van der Waals surface area (Å²) < 4.78 is 37.8. The van der Waals surface area contributed by atoms with Crippen molar-refractivity contribution in [3.8, 4) is 5.69 Å². The van der Waals surface area contributed by atoms with E-state index in [1.807, 2.05) is 46.2 Å². The summed E-state index contributed by atoms with van der Waals surface area (Å²) in [6.45, 7) is 13.3. The minimum Gasteiger partial charge on any atom is -0.386 e. The number of nitrogens with one attached hydrogen (secondary N) is 2. The molecule has 0 spiro atoms. The fraction of sp³-hybridized carbons (Fsp3) is 0.464. The monoisotopic (exact) mass is 1010 g/mol. The molecule has 388 valence electrons. The first kappa shape index (κ1) is 49.5. The summed E-state index contributed by atoms with van der Waals surface area (Å²) in [5.41, 5.74) is 7.13. The molecule has 11 rings (SSSR count). The first-order valence-corrected chi connectivity index (χ1v) is 26.3. The van der Waals surface area contributed by atoms with Gasteiger partial charge in [-0.2, -0.15) is 0 Å². The molecule has 8 heterocycles. The van der Waals surface area contributed by atoms with Gasteiger partial charge in [-0.1, -0.05) is 12.1 Å². The highest BCUT2D eigenvalue weighted by molar-refractivity contribution is 6.00. The maximum Gasteiger partial charge on any atom is 0.330 e. The molecule has 16 nitrogen and oxygen atoms in total. The third kappa shape index (κ3) is 9.18. The molecule has 2 N–H and O–H groups in total. The quantitative estimate of drug-likeness (QED) is 0.127. The highest BCUT2D eigenvalue weighted by atomic mass is 19.1. The van der Waals surface area contributed by atoms with E-state index in [2.05, 4.69) is 62.4 Å². The van der Waals surface area contributed by atoms with E-state index in [1.54, 1.807) is 23.9 Å². The van der Waals surface area contributed by atoms with Gasteiger partial charge < -0.3 is 14.8 Å². The van der Waals surface area contributed by atoms with E-state index >= 15 is 4.39 Å². The van der Waals surface area contributed by atoms with Crippen molar-refractivity contribution in [1.82, 2.24) is 48.2 Å². The minimum atomic E-state index is -0.695. The second-order valence-electron chi connectivity index (χ2n) is 21.3. The van der Waals surface area contributed by atoms with Gasteiger partial charge in [0.2, 0.25) is 11.8 Å². The molecule has 3 amide bonds. The summed E-state index contributed by atoms with van der Waals surface area (Å²) >= 11 is 0. The Morgan fingerprint density at radius 2 is 1.69 bits per heavy atom. The lowest BCUT2D eigenvalue weighted by Crippen LogP contribution is -2.53. The van der Waals surface area contributed by atoms with Gasteiger partial charge in [-0.05, 0) is 118 Å². The van der Waals surface area contributed by atoms with Crippen LogP contribution in [0.5, 0.6) is 0 Å². The number of hydrogen-bond acceptors (Lipinski definition) is 10. The number of carbonyl (C=O) groups excluding carboxylic acids is 3. The molecule has 1 aliphatic carbocycles. The molecule has 6 aromatic rings. The highest BCUT2D eigenvalue weighted by Crippen LogP contribution is 2.38. The number of carbonyl (C=O) groups is 3. The molecule has 0 bridgehead atoms. The molecule has 4 aliphatic heterocycles. The number of rotatable bonds is 12. The number of likely N-dealkylation sites (tertiary alicyclic amines) is 1. The van der Waals surface area contributed by atoms with Crippen LogP contribution in [0.3, 0.4) is 0 Å². The molecule has 5 aliphatic rings. The molecular formula is C56H65F2N11O5. The van der Waals surface area contributed by atoms with Gasteiger partial charge in [0, 0.05) is 132 Å². The summed E-state index contributed by atoms with van der Waals surface area (Å²) in [7, 11) is 3.51. The number of nitrogens with zero attached hydrogens (tertiary/aromatic N) is 9. The van der Waals surface area contributed by atoms with Crippen LogP contribution in [0.25, 0.3) is 33.3 Å². The van der Waals surface area contributed by atoms with Crippen LogP contribution >= 0.6 is 0 Å². The first-order valence-electron chi connectivity index (χ1n) is 26.3.